The van der Waals surface area contributed by atoms with Crippen LogP contribution in [0.1, 0.15) is 11.1 Å². The fraction of sp³-hybridized carbons (Fsp3) is 0.200. The van der Waals surface area contributed by atoms with Gasteiger partial charge in [-0.05, 0) is 23.8 Å². The summed E-state index contributed by atoms with van der Waals surface area (Å²) in [6, 6.07) is 10.6. The molecule has 3 nitrogen and oxygen atoms in total. The van der Waals surface area contributed by atoms with Crippen molar-refractivity contribution in [2.45, 2.75) is 13.2 Å². The van der Waals surface area contributed by atoms with Gasteiger partial charge in [0, 0.05) is 5.56 Å². The molecule has 2 aromatic rings. The van der Waals surface area contributed by atoms with E-state index >= 15 is 0 Å². The van der Waals surface area contributed by atoms with Crippen molar-refractivity contribution in [3.63, 3.8) is 0 Å². The Morgan fingerprint density at radius 2 is 1.90 bits per heavy atom. The monoisotopic (exact) mass is 312 g/mol. The molecule has 0 bridgehead atoms. The van der Waals surface area contributed by atoms with Crippen molar-refractivity contribution in [3.05, 3.63) is 57.6 Å². The van der Waals surface area contributed by atoms with Crippen molar-refractivity contribution in [1.29, 1.82) is 0 Å². The molecule has 106 valence electrons. The molecule has 5 heteroatoms. The number of aliphatic hydroxyl groups excluding tert-OH is 1. The van der Waals surface area contributed by atoms with Gasteiger partial charge in [-0.3, -0.25) is 0 Å². The van der Waals surface area contributed by atoms with Gasteiger partial charge in [0.1, 0.15) is 6.61 Å². The molecule has 0 heterocycles. The van der Waals surface area contributed by atoms with Crippen molar-refractivity contribution >= 4 is 23.2 Å². The zero-order valence-corrected chi connectivity index (χ0v) is 12.4. The molecule has 20 heavy (non-hydrogen) atoms. The lowest BCUT2D eigenvalue weighted by atomic mass is 10.2. The standard InChI is InChI=1S/C15H14Cl2O3/c1-19-13-6-5-10(8-18)7-14(13)20-9-11-3-2-4-12(16)15(11)17/h2-7,18H,8-9H2,1H3. The summed E-state index contributed by atoms with van der Waals surface area (Å²) in [6.45, 7) is 0.211. The summed E-state index contributed by atoms with van der Waals surface area (Å²) in [7, 11) is 1.56. The third kappa shape index (κ3) is 3.37. The summed E-state index contributed by atoms with van der Waals surface area (Å²) in [5.41, 5.74) is 1.54. The molecule has 0 saturated carbocycles. The molecule has 0 aromatic heterocycles. The lowest BCUT2D eigenvalue weighted by Gasteiger charge is -2.13. The maximum absolute atomic E-state index is 9.16. The highest BCUT2D eigenvalue weighted by atomic mass is 35.5. The van der Waals surface area contributed by atoms with E-state index < -0.39 is 0 Å². The molecule has 0 fully saturated rings. The first-order chi connectivity index (χ1) is 9.65. The summed E-state index contributed by atoms with van der Waals surface area (Å²) < 4.78 is 10.9. The fourth-order valence-corrected chi connectivity index (χ4v) is 2.12. The zero-order chi connectivity index (χ0) is 14.5. The second-order valence-corrected chi connectivity index (χ2v) is 4.93. The summed E-state index contributed by atoms with van der Waals surface area (Å²) in [5, 5.41) is 10.1. The Hall–Kier alpha value is -1.42. The Balaban J connectivity index is 2.19. The molecule has 0 aliphatic heterocycles. The number of halogens is 2. The van der Waals surface area contributed by atoms with Crippen LogP contribution in [0.4, 0.5) is 0 Å². The first-order valence-corrected chi connectivity index (χ1v) is 6.74. The summed E-state index contributed by atoms with van der Waals surface area (Å²) in [5.74, 6) is 1.15. The van der Waals surface area contributed by atoms with Crippen LogP contribution < -0.4 is 9.47 Å². The molecule has 1 N–H and O–H groups in total. The third-order valence-corrected chi connectivity index (χ3v) is 3.68. The topological polar surface area (TPSA) is 38.7 Å². The van der Waals surface area contributed by atoms with Crippen LogP contribution in [0.5, 0.6) is 11.5 Å². The summed E-state index contributed by atoms with van der Waals surface area (Å²) in [6.07, 6.45) is 0. The van der Waals surface area contributed by atoms with Crippen LogP contribution in [0.3, 0.4) is 0 Å². The quantitative estimate of drug-likeness (QED) is 0.904. The van der Waals surface area contributed by atoms with Gasteiger partial charge in [0.25, 0.3) is 0 Å². The predicted molar refractivity (Wildman–Crippen MR) is 79.7 cm³/mol. The van der Waals surface area contributed by atoms with Crippen LogP contribution in [0.15, 0.2) is 36.4 Å². The molecule has 0 aliphatic rings. The van der Waals surface area contributed by atoms with Crippen LogP contribution in [0.25, 0.3) is 0 Å². The van der Waals surface area contributed by atoms with Crippen molar-refractivity contribution < 1.29 is 14.6 Å². The molecule has 0 unspecified atom stereocenters. The van der Waals surface area contributed by atoms with Gasteiger partial charge in [-0.15, -0.1) is 0 Å². The van der Waals surface area contributed by atoms with Gasteiger partial charge >= 0.3 is 0 Å². The first-order valence-electron chi connectivity index (χ1n) is 5.99. The van der Waals surface area contributed by atoms with Crippen molar-refractivity contribution in [2.75, 3.05) is 7.11 Å². The molecule has 0 amide bonds. The average Bonchev–Trinajstić information content (AvgIpc) is 2.48. The zero-order valence-electron chi connectivity index (χ0n) is 10.9. The normalized spacial score (nSPS) is 10.4. The van der Waals surface area contributed by atoms with Crippen LogP contribution >= 0.6 is 23.2 Å². The molecular weight excluding hydrogens is 299 g/mol. The highest BCUT2D eigenvalue weighted by Crippen LogP contribution is 2.31. The number of ether oxygens (including phenoxy) is 2. The van der Waals surface area contributed by atoms with E-state index in [1.807, 2.05) is 12.1 Å². The van der Waals surface area contributed by atoms with E-state index in [1.165, 1.54) is 0 Å². The number of rotatable bonds is 5. The van der Waals surface area contributed by atoms with Crippen LogP contribution in [-0.4, -0.2) is 12.2 Å². The molecule has 0 spiro atoms. The van der Waals surface area contributed by atoms with Crippen molar-refractivity contribution in [2.24, 2.45) is 0 Å². The Bertz CT molecular complexity index is 600. The minimum Gasteiger partial charge on any atom is -0.493 e. The lowest BCUT2D eigenvalue weighted by molar-refractivity contribution is 0.272. The summed E-state index contributed by atoms with van der Waals surface area (Å²) >= 11 is 12.1. The Morgan fingerprint density at radius 3 is 2.60 bits per heavy atom. The van der Waals surface area contributed by atoms with E-state index in [4.69, 9.17) is 37.8 Å². The molecule has 2 rings (SSSR count). The van der Waals surface area contributed by atoms with E-state index in [9.17, 15) is 0 Å². The van der Waals surface area contributed by atoms with Gasteiger partial charge < -0.3 is 14.6 Å². The average molecular weight is 313 g/mol. The SMILES string of the molecule is COc1ccc(CO)cc1OCc1cccc(Cl)c1Cl. The Kier molecular flexibility index (Phi) is 5.12. The highest BCUT2D eigenvalue weighted by molar-refractivity contribution is 6.42. The maximum Gasteiger partial charge on any atom is 0.162 e. The highest BCUT2D eigenvalue weighted by Gasteiger charge is 2.09. The molecule has 0 radical (unpaired) electrons. The van der Waals surface area contributed by atoms with Gasteiger partial charge in [-0.1, -0.05) is 41.4 Å². The predicted octanol–water partition coefficient (Wildman–Crippen LogP) is 4.07. The molecule has 0 atom stereocenters. The number of hydrogen-bond donors (Lipinski definition) is 1. The minimum absolute atomic E-state index is 0.0573. The van der Waals surface area contributed by atoms with Crippen molar-refractivity contribution in [3.8, 4) is 11.5 Å². The third-order valence-electron chi connectivity index (χ3n) is 2.83. The van der Waals surface area contributed by atoms with Gasteiger partial charge in [0.15, 0.2) is 11.5 Å². The van der Waals surface area contributed by atoms with Gasteiger partial charge in [0.05, 0.1) is 23.8 Å². The number of hydrogen-bond acceptors (Lipinski definition) is 3. The minimum atomic E-state index is -0.0573. The van der Waals surface area contributed by atoms with Crippen LogP contribution in [0, 0.1) is 0 Å². The van der Waals surface area contributed by atoms with Gasteiger partial charge in [-0.2, -0.15) is 0 Å². The molecular formula is C15H14Cl2O3. The second kappa shape index (κ2) is 6.84. The number of methoxy groups -OCH3 is 1. The van der Waals surface area contributed by atoms with Gasteiger partial charge in [-0.25, -0.2) is 0 Å². The smallest absolute Gasteiger partial charge is 0.162 e. The van der Waals surface area contributed by atoms with E-state index in [0.717, 1.165) is 11.1 Å². The van der Waals surface area contributed by atoms with E-state index in [1.54, 1.807) is 31.4 Å². The largest absolute Gasteiger partial charge is 0.493 e. The maximum atomic E-state index is 9.16. The van der Waals surface area contributed by atoms with Crippen LogP contribution in [0.2, 0.25) is 10.0 Å². The number of benzene rings is 2. The van der Waals surface area contributed by atoms with Crippen molar-refractivity contribution in [1.82, 2.24) is 0 Å². The lowest BCUT2D eigenvalue weighted by Crippen LogP contribution is -1.99. The molecule has 0 saturated heterocycles. The van der Waals surface area contributed by atoms with Gasteiger partial charge in [0.2, 0.25) is 0 Å². The van der Waals surface area contributed by atoms with E-state index in [2.05, 4.69) is 0 Å². The number of aliphatic hydroxyl groups is 1. The van der Waals surface area contributed by atoms with E-state index in [-0.39, 0.29) is 13.2 Å². The van der Waals surface area contributed by atoms with Crippen LogP contribution in [-0.2, 0) is 13.2 Å². The molecule has 2 aromatic carbocycles. The molecule has 0 aliphatic carbocycles. The Labute approximate surface area is 127 Å². The van der Waals surface area contributed by atoms with E-state index in [0.29, 0.717) is 21.5 Å². The first kappa shape index (κ1) is 15.0. The second-order valence-electron chi connectivity index (χ2n) is 4.14. The fourth-order valence-electron chi connectivity index (χ4n) is 1.75. The summed E-state index contributed by atoms with van der Waals surface area (Å²) in [4.78, 5) is 0. The Morgan fingerprint density at radius 1 is 1.10 bits per heavy atom.